The average molecular weight is 253 g/mol. The topological polar surface area (TPSA) is 49.6 Å². The van der Waals surface area contributed by atoms with E-state index in [0.29, 0.717) is 6.04 Å². The first-order valence-electron chi connectivity index (χ1n) is 7.27. The van der Waals surface area contributed by atoms with Gasteiger partial charge in [0.05, 0.1) is 6.04 Å². The second-order valence-electron chi connectivity index (χ2n) is 6.25. The van der Waals surface area contributed by atoms with Gasteiger partial charge in [0.15, 0.2) is 0 Å². The molecule has 0 aromatic rings. The minimum atomic E-state index is -0.338. The van der Waals surface area contributed by atoms with E-state index in [1.807, 2.05) is 18.7 Å². The lowest BCUT2D eigenvalue weighted by Crippen LogP contribution is -2.54. The number of hydrogen-bond acceptors (Lipinski definition) is 3. The largest absolute Gasteiger partial charge is 0.340 e. The van der Waals surface area contributed by atoms with Crippen molar-refractivity contribution in [2.24, 2.45) is 11.7 Å². The molecule has 0 aromatic heterocycles. The summed E-state index contributed by atoms with van der Waals surface area (Å²) in [5.74, 6) is 0.359. The molecule has 1 aliphatic carbocycles. The SMILES string of the molecule is CC(C)C(N)C(=O)N1CCCC(N(C)C2CC2)C1. The van der Waals surface area contributed by atoms with Crippen molar-refractivity contribution in [1.29, 1.82) is 0 Å². The Bertz CT molecular complexity index is 301. The maximum Gasteiger partial charge on any atom is 0.239 e. The molecule has 2 aliphatic rings. The Morgan fingerprint density at radius 1 is 1.28 bits per heavy atom. The molecule has 2 N–H and O–H groups in total. The van der Waals surface area contributed by atoms with Gasteiger partial charge in [-0.3, -0.25) is 9.69 Å². The second kappa shape index (κ2) is 5.57. The van der Waals surface area contributed by atoms with E-state index in [-0.39, 0.29) is 17.9 Å². The lowest BCUT2D eigenvalue weighted by Gasteiger charge is -2.39. The number of nitrogens with zero attached hydrogens (tertiary/aromatic N) is 2. The summed E-state index contributed by atoms with van der Waals surface area (Å²) in [7, 11) is 2.21. The zero-order valence-electron chi connectivity index (χ0n) is 11.9. The monoisotopic (exact) mass is 253 g/mol. The summed E-state index contributed by atoms with van der Waals surface area (Å²) in [6.07, 6.45) is 4.98. The molecule has 18 heavy (non-hydrogen) atoms. The van der Waals surface area contributed by atoms with Gasteiger partial charge < -0.3 is 10.6 Å². The molecule has 1 saturated heterocycles. The Balaban J connectivity index is 1.91. The number of likely N-dealkylation sites (tertiary alicyclic amines) is 1. The van der Waals surface area contributed by atoms with E-state index in [4.69, 9.17) is 5.73 Å². The van der Waals surface area contributed by atoms with Crippen molar-refractivity contribution in [2.45, 2.75) is 57.7 Å². The molecule has 0 bridgehead atoms. The first kappa shape index (κ1) is 13.8. The van der Waals surface area contributed by atoms with Gasteiger partial charge in [-0.15, -0.1) is 0 Å². The van der Waals surface area contributed by atoms with Crippen molar-refractivity contribution >= 4 is 5.91 Å². The van der Waals surface area contributed by atoms with Crippen LogP contribution in [-0.2, 0) is 4.79 Å². The molecule has 0 spiro atoms. The molecular formula is C14H27N3O. The number of carbonyl (C=O) groups is 1. The Hall–Kier alpha value is -0.610. The van der Waals surface area contributed by atoms with Gasteiger partial charge >= 0.3 is 0 Å². The van der Waals surface area contributed by atoms with Crippen molar-refractivity contribution in [3.63, 3.8) is 0 Å². The smallest absolute Gasteiger partial charge is 0.239 e. The van der Waals surface area contributed by atoms with Crippen LogP contribution in [0.15, 0.2) is 0 Å². The standard InChI is InChI=1S/C14H27N3O/c1-10(2)13(15)14(18)17-8-4-5-12(9-17)16(3)11-6-7-11/h10-13H,4-9,15H2,1-3H3. The van der Waals surface area contributed by atoms with E-state index in [0.717, 1.165) is 25.6 Å². The van der Waals surface area contributed by atoms with Crippen LogP contribution in [-0.4, -0.2) is 54.0 Å². The van der Waals surface area contributed by atoms with Gasteiger partial charge in [-0.2, -0.15) is 0 Å². The first-order valence-corrected chi connectivity index (χ1v) is 7.27. The number of rotatable bonds is 4. The van der Waals surface area contributed by atoms with E-state index in [2.05, 4.69) is 11.9 Å². The normalized spacial score (nSPS) is 26.8. The first-order chi connectivity index (χ1) is 8.50. The molecule has 1 amide bonds. The Morgan fingerprint density at radius 3 is 2.50 bits per heavy atom. The number of carbonyl (C=O) groups excluding carboxylic acids is 1. The van der Waals surface area contributed by atoms with E-state index in [1.54, 1.807) is 0 Å². The van der Waals surface area contributed by atoms with Crippen molar-refractivity contribution in [1.82, 2.24) is 9.80 Å². The lowest BCUT2D eigenvalue weighted by molar-refractivity contribution is -0.135. The summed E-state index contributed by atoms with van der Waals surface area (Å²) < 4.78 is 0. The van der Waals surface area contributed by atoms with Crippen LogP contribution < -0.4 is 5.73 Å². The molecule has 2 rings (SSSR count). The van der Waals surface area contributed by atoms with Crippen LogP contribution >= 0.6 is 0 Å². The average Bonchev–Trinajstić information content (AvgIpc) is 3.20. The molecule has 104 valence electrons. The molecule has 2 fully saturated rings. The highest BCUT2D eigenvalue weighted by atomic mass is 16.2. The molecule has 1 saturated carbocycles. The Kier molecular flexibility index (Phi) is 4.28. The third-order valence-electron chi connectivity index (χ3n) is 4.41. The van der Waals surface area contributed by atoms with Gasteiger partial charge in [-0.25, -0.2) is 0 Å². The predicted octanol–water partition coefficient (Wildman–Crippen LogP) is 1.05. The summed E-state index contributed by atoms with van der Waals surface area (Å²) in [5, 5.41) is 0. The van der Waals surface area contributed by atoms with Crippen molar-refractivity contribution in [3.05, 3.63) is 0 Å². The minimum absolute atomic E-state index is 0.138. The van der Waals surface area contributed by atoms with E-state index >= 15 is 0 Å². The van der Waals surface area contributed by atoms with Gasteiger partial charge in [-0.1, -0.05) is 13.8 Å². The highest BCUT2D eigenvalue weighted by Gasteiger charge is 2.35. The summed E-state index contributed by atoms with van der Waals surface area (Å²) in [6, 6.07) is 0.966. The van der Waals surface area contributed by atoms with Gasteiger partial charge in [0.2, 0.25) is 5.91 Å². The van der Waals surface area contributed by atoms with E-state index < -0.39 is 0 Å². The van der Waals surface area contributed by atoms with Crippen molar-refractivity contribution in [2.75, 3.05) is 20.1 Å². The highest BCUT2D eigenvalue weighted by molar-refractivity contribution is 5.82. The zero-order valence-corrected chi connectivity index (χ0v) is 11.9. The molecular weight excluding hydrogens is 226 g/mol. The number of hydrogen-bond donors (Lipinski definition) is 1. The van der Waals surface area contributed by atoms with Crippen LogP contribution in [0.3, 0.4) is 0 Å². The van der Waals surface area contributed by atoms with Gasteiger partial charge in [0, 0.05) is 25.2 Å². The number of piperidine rings is 1. The van der Waals surface area contributed by atoms with Crippen molar-refractivity contribution < 1.29 is 4.79 Å². The number of nitrogens with two attached hydrogens (primary N) is 1. The summed E-state index contributed by atoms with van der Waals surface area (Å²) in [5.41, 5.74) is 5.98. The van der Waals surface area contributed by atoms with Crippen LogP contribution in [0.4, 0.5) is 0 Å². The van der Waals surface area contributed by atoms with Gasteiger partial charge in [0.1, 0.15) is 0 Å². The van der Waals surface area contributed by atoms with Crippen LogP contribution in [0, 0.1) is 5.92 Å². The highest BCUT2D eigenvalue weighted by Crippen LogP contribution is 2.29. The maximum atomic E-state index is 12.3. The third kappa shape index (κ3) is 3.04. The number of amides is 1. The molecule has 0 radical (unpaired) electrons. The second-order valence-corrected chi connectivity index (χ2v) is 6.25. The fraction of sp³-hybridized carbons (Fsp3) is 0.929. The van der Waals surface area contributed by atoms with Crippen LogP contribution in [0.25, 0.3) is 0 Å². The molecule has 2 unspecified atom stereocenters. The van der Waals surface area contributed by atoms with Gasteiger partial charge in [0.25, 0.3) is 0 Å². The van der Waals surface area contributed by atoms with E-state index in [1.165, 1.54) is 19.3 Å². The van der Waals surface area contributed by atoms with Crippen molar-refractivity contribution in [3.8, 4) is 0 Å². The zero-order chi connectivity index (χ0) is 13.3. The molecule has 2 atom stereocenters. The van der Waals surface area contributed by atoms with Crippen LogP contribution in [0.2, 0.25) is 0 Å². The summed E-state index contributed by atoms with van der Waals surface area (Å²) in [6.45, 7) is 5.78. The summed E-state index contributed by atoms with van der Waals surface area (Å²) in [4.78, 5) is 16.7. The summed E-state index contributed by atoms with van der Waals surface area (Å²) >= 11 is 0. The van der Waals surface area contributed by atoms with Crippen LogP contribution in [0.1, 0.15) is 39.5 Å². The van der Waals surface area contributed by atoms with Gasteiger partial charge in [-0.05, 0) is 38.6 Å². The third-order valence-corrected chi connectivity index (χ3v) is 4.41. The fourth-order valence-corrected chi connectivity index (χ4v) is 2.76. The van der Waals surface area contributed by atoms with E-state index in [9.17, 15) is 4.79 Å². The fourth-order valence-electron chi connectivity index (χ4n) is 2.76. The minimum Gasteiger partial charge on any atom is -0.340 e. The predicted molar refractivity (Wildman–Crippen MR) is 73.2 cm³/mol. The quantitative estimate of drug-likeness (QED) is 0.815. The Labute approximate surface area is 110 Å². The molecule has 4 nitrogen and oxygen atoms in total. The Morgan fingerprint density at radius 2 is 1.94 bits per heavy atom. The molecule has 1 aliphatic heterocycles. The lowest BCUT2D eigenvalue weighted by atomic mass is 10.00. The maximum absolute atomic E-state index is 12.3. The molecule has 0 aromatic carbocycles. The van der Waals surface area contributed by atoms with Crippen LogP contribution in [0.5, 0.6) is 0 Å². The number of likely N-dealkylation sites (N-methyl/N-ethyl adjacent to an activating group) is 1. The molecule has 4 heteroatoms. The molecule has 1 heterocycles.